The van der Waals surface area contributed by atoms with Crippen LogP contribution >= 0.6 is 0 Å². The number of pyridine rings is 2. The van der Waals surface area contributed by atoms with E-state index >= 15 is 0 Å². The number of anilines is 1. The molecule has 2 aromatic heterocycles. The fourth-order valence-electron chi connectivity index (χ4n) is 1.27. The predicted molar refractivity (Wildman–Crippen MR) is 56.9 cm³/mol. The van der Waals surface area contributed by atoms with Crippen molar-refractivity contribution in [1.82, 2.24) is 9.97 Å². The third-order valence-electron chi connectivity index (χ3n) is 2.14. The average Bonchev–Trinajstić information content (AvgIpc) is 2.29. The number of alkyl halides is 3. The van der Waals surface area contributed by atoms with Crippen LogP contribution in [0.2, 0.25) is 0 Å². The van der Waals surface area contributed by atoms with Gasteiger partial charge in [0.1, 0.15) is 0 Å². The summed E-state index contributed by atoms with van der Waals surface area (Å²) < 4.78 is 36.9. The zero-order chi connectivity index (χ0) is 12.5. The highest BCUT2D eigenvalue weighted by Gasteiger charge is 2.30. The molecule has 0 radical (unpaired) electrons. The maximum Gasteiger partial charge on any atom is 0.417 e. The van der Waals surface area contributed by atoms with Crippen LogP contribution in [0.15, 0.2) is 36.7 Å². The molecule has 2 heterocycles. The van der Waals surface area contributed by atoms with Crippen LogP contribution in [0.4, 0.5) is 18.9 Å². The Hall–Kier alpha value is -2.11. The van der Waals surface area contributed by atoms with Crippen LogP contribution in [0.25, 0.3) is 11.4 Å². The van der Waals surface area contributed by atoms with E-state index in [0.717, 1.165) is 12.3 Å². The Labute approximate surface area is 95.1 Å². The van der Waals surface area contributed by atoms with E-state index in [1.807, 2.05) is 0 Å². The number of hydrogen-bond donors (Lipinski definition) is 1. The third-order valence-corrected chi connectivity index (χ3v) is 2.14. The lowest BCUT2D eigenvalue weighted by Crippen LogP contribution is -2.05. The molecule has 0 aliphatic carbocycles. The van der Waals surface area contributed by atoms with Gasteiger partial charge >= 0.3 is 6.18 Å². The Morgan fingerprint density at radius 2 is 1.47 bits per heavy atom. The number of hydrogen-bond acceptors (Lipinski definition) is 3. The molecule has 88 valence electrons. The number of aromatic nitrogens is 2. The van der Waals surface area contributed by atoms with Crippen molar-refractivity contribution in [2.75, 3.05) is 5.73 Å². The molecule has 0 amide bonds. The Morgan fingerprint density at radius 1 is 0.882 bits per heavy atom. The highest BCUT2D eigenvalue weighted by atomic mass is 19.4. The maximum atomic E-state index is 12.3. The molecule has 0 aliphatic heterocycles. The first-order valence-corrected chi connectivity index (χ1v) is 4.72. The third kappa shape index (κ3) is 2.52. The standard InChI is InChI=1S/C11H8F3N3/c12-11(13,14)7-1-3-9(16-5-7)10-4-2-8(15)6-17-10/h1-6H,15H2. The van der Waals surface area contributed by atoms with Gasteiger partial charge in [-0.25, -0.2) is 0 Å². The molecule has 0 saturated heterocycles. The summed E-state index contributed by atoms with van der Waals surface area (Å²) >= 11 is 0. The van der Waals surface area contributed by atoms with E-state index in [1.54, 1.807) is 12.1 Å². The van der Waals surface area contributed by atoms with Gasteiger partial charge in [0.15, 0.2) is 0 Å². The van der Waals surface area contributed by atoms with Gasteiger partial charge in [0.05, 0.1) is 28.8 Å². The van der Waals surface area contributed by atoms with Crippen LogP contribution < -0.4 is 5.73 Å². The average molecular weight is 239 g/mol. The van der Waals surface area contributed by atoms with Crippen LogP contribution in [0.5, 0.6) is 0 Å². The normalized spacial score (nSPS) is 11.5. The summed E-state index contributed by atoms with van der Waals surface area (Å²) in [5, 5.41) is 0. The topological polar surface area (TPSA) is 51.8 Å². The summed E-state index contributed by atoms with van der Waals surface area (Å²) in [6, 6.07) is 5.47. The smallest absolute Gasteiger partial charge is 0.397 e. The Bertz CT molecular complexity index is 503. The van der Waals surface area contributed by atoms with Crippen molar-refractivity contribution in [3.63, 3.8) is 0 Å². The fraction of sp³-hybridized carbons (Fsp3) is 0.0909. The van der Waals surface area contributed by atoms with Gasteiger partial charge in [0.2, 0.25) is 0 Å². The van der Waals surface area contributed by atoms with Crippen LogP contribution in [0.1, 0.15) is 5.56 Å². The minimum Gasteiger partial charge on any atom is -0.397 e. The summed E-state index contributed by atoms with van der Waals surface area (Å²) in [6.45, 7) is 0. The number of nitrogens with zero attached hydrogens (tertiary/aromatic N) is 2. The van der Waals surface area contributed by atoms with Crippen LogP contribution in [-0.2, 0) is 6.18 Å². The summed E-state index contributed by atoms with van der Waals surface area (Å²) in [7, 11) is 0. The van der Waals surface area contributed by atoms with Gasteiger partial charge in [-0.1, -0.05) is 0 Å². The Kier molecular flexibility index (Phi) is 2.71. The first kappa shape index (κ1) is 11.4. The molecular weight excluding hydrogens is 231 g/mol. The van der Waals surface area contributed by atoms with Gasteiger partial charge in [-0.15, -0.1) is 0 Å². The molecule has 0 bridgehead atoms. The summed E-state index contributed by atoms with van der Waals surface area (Å²) in [6.07, 6.45) is -2.16. The first-order valence-electron chi connectivity index (χ1n) is 4.72. The lowest BCUT2D eigenvalue weighted by molar-refractivity contribution is -0.137. The zero-order valence-corrected chi connectivity index (χ0v) is 8.57. The molecule has 0 aliphatic rings. The molecule has 0 aromatic carbocycles. The SMILES string of the molecule is Nc1ccc(-c2ccc(C(F)(F)F)cn2)nc1. The Morgan fingerprint density at radius 3 is 1.88 bits per heavy atom. The van der Waals surface area contributed by atoms with Gasteiger partial charge in [0, 0.05) is 6.20 Å². The van der Waals surface area contributed by atoms with Crippen molar-refractivity contribution < 1.29 is 13.2 Å². The molecule has 0 fully saturated rings. The van der Waals surface area contributed by atoms with Crippen LogP contribution in [0.3, 0.4) is 0 Å². The second-order valence-electron chi connectivity index (χ2n) is 3.41. The van der Waals surface area contributed by atoms with Crippen molar-refractivity contribution in [1.29, 1.82) is 0 Å². The lowest BCUT2D eigenvalue weighted by Gasteiger charge is -2.06. The summed E-state index contributed by atoms with van der Waals surface area (Å²) in [5.41, 5.74) is 6.01. The maximum absolute atomic E-state index is 12.3. The van der Waals surface area contributed by atoms with Gasteiger partial charge < -0.3 is 5.73 Å². The van der Waals surface area contributed by atoms with E-state index in [4.69, 9.17) is 5.73 Å². The molecule has 0 saturated carbocycles. The molecule has 6 heteroatoms. The van der Waals surface area contributed by atoms with E-state index in [9.17, 15) is 13.2 Å². The monoisotopic (exact) mass is 239 g/mol. The van der Waals surface area contributed by atoms with E-state index in [1.165, 1.54) is 12.3 Å². The zero-order valence-electron chi connectivity index (χ0n) is 8.57. The number of halogens is 3. The van der Waals surface area contributed by atoms with Gasteiger partial charge in [-0.05, 0) is 24.3 Å². The molecule has 3 nitrogen and oxygen atoms in total. The van der Waals surface area contributed by atoms with E-state index in [0.29, 0.717) is 17.1 Å². The molecule has 2 rings (SSSR count). The van der Waals surface area contributed by atoms with E-state index in [-0.39, 0.29) is 0 Å². The van der Waals surface area contributed by atoms with Gasteiger partial charge in [0.25, 0.3) is 0 Å². The first-order chi connectivity index (χ1) is 7.97. The summed E-state index contributed by atoms with van der Waals surface area (Å²) in [5.74, 6) is 0. The molecular formula is C11H8F3N3. The minimum atomic E-state index is -4.37. The number of nitrogens with two attached hydrogens (primary N) is 1. The van der Waals surface area contributed by atoms with Gasteiger partial charge in [-0.2, -0.15) is 13.2 Å². The van der Waals surface area contributed by atoms with Gasteiger partial charge in [-0.3, -0.25) is 9.97 Å². The predicted octanol–water partition coefficient (Wildman–Crippen LogP) is 2.74. The highest BCUT2D eigenvalue weighted by Crippen LogP contribution is 2.29. The Balaban J connectivity index is 2.33. The lowest BCUT2D eigenvalue weighted by atomic mass is 10.2. The van der Waals surface area contributed by atoms with Crippen LogP contribution in [0, 0.1) is 0 Å². The molecule has 0 unspecified atom stereocenters. The van der Waals surface area contributed by atoms with Crippen molar-refractivity contribution in [2.45, 2.75) is 6.18 Å². The van der Waals surface area contributed by atoms with Crippen LogP contribution in [-0.4, -0.2) is 9.97 Å². The molecule has 0 spiro atoms. The van der Waals surface area contributed by atoms with E-state index in [2.05, 4.69) is 9.97 Å². The second-order valence-corrected chi connectivity index (χ2v) is 3.41. The van der Waals surface area contributed by atoms with Crippen molar-refractivity contribution in [3.05, 3.63) is 42.2 Å². The number of nitrogen functional groups attached to an aromatic ring is 1. The van der Waals surface area contributed by atoms with E-state index < -0.39 is 11.7 Å². The van der Waals surface area contributed by atoms with Crippen molar-refractivity contribution in [3.8, 4) is 11.4 Å². The quantitative estimate of drug-likeness (QED) is 0.832. The molecule has 17 heavy (non-hydrogen) atoms. The fourth-order valence-corrected chi connectivity index (χ4v) is 1.27. The minimum absolute atomic E-state index is 0.373. The largest absolute Gasteiger partial charge is 0.417 e. The van der Waals surface area contributed by atoms with Crippen molar-refractivity contribution >= 4 is 5.69 Å². The second kappa shape index (κ2) is 4.04. The molecule has 2 aromatic rings. The summed E-state index contributed by atoms with van der Waals surface area (Å²) in [4.78, 5) is 7.69. The van der Waals surface area contributed by atoms with Crippen molar-refractivity contribution in [2.24, 2.45) is 0 Å². The molecule has 2 N–H and O–H groups in total. The molecule has 0 atom stereocenters. The number of rotatable bonds is 1. The highest BCUT2D eigenvalue weighted by molar-refractivity contribution is 5.56.